The zero-order chi connectivity index (χ0) is 18.2. The van der Waals surface area contributed by atoms with Gasteiger partial charge in [-0.1, -0.05) is 30.3 Å². The average Bonchev–Trinajstić information content (AvgIpc) is 2.67. The van der Waals surface area contributed by atoms with Gasteiger partial charge in [0.05, 0.1) is 19.8 Å². The molecule has 0 spiro atoms. The Morgan fingerprint density at radius 2 is 1.60 bits per heavy atom. The second kappa shape index (κ2) is 8.84. The molecule has 1 atom stereocenters. The van der Waals surface area contributed by atoms with Crippen LogP contribution in [0.3, 0.4) is 0 Å². The lowest BCUT2D eigenvalue weighted by molar-refractivity contribution is -0.0821. The highest BCUT2D eigenvalue weighted by atomic mass is 16.7. The van der Waals surface area contributed by atoms with Gasteiger partial charge < -0.3 is 18.9 Å². The van der Waals surface area contributed by atoms with Crippen molar-refractivity contribution >= 4 is 11.8 Å². The topological polar surface area (TPSA) is 71.1 Å². The number of ketones is 1. The summed E-state index contributed by atoms with van der Waals surface area (Å²) in [6.45, 7) is 1.94. The van der Waals surface area contributed by atoms with E-state index < -0.39 is 18.0 Å². The maximum atomic E-state index is 12.5. The van der Waals surface area contributed by atoms with Gasteiger partial charge in [-0.3, -0.25) is 4.79 Å². The average molecular weight is 344 g/mol. The van der Waals surface area contributed by atoms with Crippen molar-refractivity contribution < 1.29 is 28.5 Å². The van der Waals surface area contributed by atoms with Crippen LogP contribution in [0.5, 0.6) is 11.5 Å². The standard InChI is InChI=1S/C19H20O6/c1-4-24-19(17(20)13-8-6-5-7-9-13)25-18(21)14-10-11-15(22-2)16(12-14)23-3/h5-12,19H,4H2,1-3H3. The molecular formula is C19H20O6. The van der Waals surface area contributed by atoms with E-state index in [1.807, 2.05) is 0 Å². The SMILES string of the molecule is CCOC(OC(=O)c1ccc(OC)c(OC)c1)C(=O)c1ccccc1. The van der Waals surface area contributed by atoms with Crippen LogP contribution in [0.2, 0.25) is 0 Å². The molecule has 0 amide bonds. The molecule has 0 N–H and O–H groups in total. The number of carbonyl (C=O) groups is 2. The fourth-order valence-corrected chi connectivity index (χ4v) is 2.18. The van der Waals surface area contributed by atoms with Gasteiger partial charge in [0.1, 0.15) is 0 Å². The number of ether oxygens (including phenoxy) is 4. The lowest BCUT2D eigenvalue weighted by Gasteiger charge is -2.17. The van der Waals surface area contributed by atoms with Crippen molar-refractivity contribution in [3.63, 3.8) is 0 Å². The van der Waals surface area contributed by atoms with E-state index in [4.69, 9.17) is 18.9 Å². The molecule has 0 saturated carbocycles. The summed E-state index contributed by atoms with van der Waals surface area (Å²) in [4.78, 5) is 24.9. The van der Waals surface area contributed by atoms with Gasteiger partial charge >= 0.3 is 5.97 Å². The van der Waals surface area contributed by atoms with Crippen molar-refractivity contribution in [3.8, 4) is 11.5 Å². The maximum absolute atomic E-state index is 12.5. The summed E-state index contributed by atoms with van der Waals surface area (Å²) in [5, 5.41) is 0. The number of esters is 1. The summed E-state index contributed by atoms with van der Waals surface area (Å²) < 4.78 is 20.9. The molecule has 2 aromatic carbocycles. The summed E-state index contributed by atoms with van der Waals surface area (Å²) in [6.07, 6.45) is -1.31. The Morgan fingerprint density at radius 3 is 2.20 bits per heavy atom. The molecule has 1 unspecified atom stereocenters. The number of methoxy groups -OCH3 is 2. The first-order valence-corrected chi connectivity index (χ1v) is 7.74. The number of carbonyl (C=O) groups excluding carboxylic acids is 2. The number of Topliss-reactive ketones (excluding diaryl/α,β-unsaturated/α-hetero) is 1. The quantitative estimate of drug-likeness (QED) is 0.416. The molecule has 2 aromatic rings. The van der Waals surface area contributed by atoms with E-state index in [0.717, 1.165) is 0 Å². The van der Waals surface area contributed by atoms with Crippen LogP contribution < -0.4 is 9.47 Å². The van der Waals surface area contributed by atoms with Crippen LogP contribution in [0, 0.1) is 0 Å². The molecule has 25 heavy (non-hydrogen) atoms. The van der Waals surface area contributed by atoms with E-state index in [1.165, 1.54) is 26.4 Å². The van der Waals surface area contributed by atoms with E-state index in [-0.39, 0.29) is 12.2 Å². The minimum absolute atomic E-state index is 0.225. The highest BCUT2D eigenvalue weighted by Gasteiger charge is 2.25. The van der Waals surface area contributed by atoms with Gasteiger partial charge in [0.25, 0.3) is 6.29 Å². The Balaban J connectivity index is 2.19. The summed E-state index contributed by atoms with van der Waals surface area (Å²) in [5.41, 5.74) is 0.629. The summed E-state index contributed by atoms with van der Waals surface area (Å²) in [5.74, 6) is -0.236. The van der Waals surface area contributed by atoms with E-state index in [9.17, 15) is 9.59 Å². The molecular weight excluding hydrogens is 324 g/mol. The first-order valence-electron chi connectivity index (χ1n) is 7.74. The molecule has 0 aliphatic heterocycles. The van der Waals surface area contributed by atoms with Gasteiger partial charge in [-0.05, 0) is 25.1 Å². The highest BCUT2D eigenvalue weighted by molar-refractivity contribution is 6.00. The number of hydrogen-bond donors (Lipinski definition) is 0. The Hall–Kier alpha value is -2.86. The van der Waals surface area contributed by atoms with Gasteiger partial charge in [0.2, 0.25) is 5.78 Å². The third kappa shape index (κ3) is 4.58. The van der Waals surface area contributed by atoms with Crippen molar-refractivity contribution in [2.45, 2.75) is 13.2 Å². The molecule has 0 aliphatic rings. The fourth-order valence-electron chi connectivity index (χ4n) is 2.18. The first-order chi connectivity index (χ1) is 12.1. The fraction of sp³-hybridized carbons (Fsp3) is 0.263. The lowest BCUT2D eigenvalue weighted by Crippen LogP contribution is -2.30. The third-order valence-corrected chi connectivity index (χ3v) is 3.42. The van der Waals surface area contributed by atoms with Crippen LogP contribution in [0.25, 0.3) is 0 Å². The van der Waals surface area contributed by atoms with Gasteiger partial charge in [0, 0.05) is 12.2 Å². The molecule has 2 rings (SSSR count). The monoisotopic (exact) mass is 344 g/mol. The number of hydrogen-bond acceptors (Lipinski definition) is 6. The van der Waals surface area contributed by atoms with Gasteiger partial charge in [-0.2, -0.15) is 0 Å². The molecule has 0 aliphatic carbocycles. The van der Waals surface area contributed by atoms with Gasteiger partial charge in [-0.15, -0.1) is 0 Å². The summed E-state index contributed by atoms with van der Waals surface area (Å²) in [6, 6.07) is 13.1. The number of rotatable bonds is 8. The Morgan fingerprint density at radius 1 is 0.920 bits per heavy atom. The van der Waals surface area contributed by atoms with Crippen LogP contribution in [0.1, 0.15) is 27.6 Å². The molecule has 6 nitrogen and oxygen atoms in total. The van der Waals surface area contributed by atoms with Crippen molar-refractivity contribution in [1.29, 1.82) is 0 Å². The smallest absolute Gasteiger partial charge is 0.340 e. The van der Waals surface area contributed by atoms with Crippen LogP contribution in [0.15, 0.2) is 48.5 Å². The van der Waals surface area contributed by atoms with E-state index >= 15 is 0 Å². The van der Waals surface area contributed by atoms with Gasteiger partial charge in [0.15, 0.2) is 11.5 Å². The molecule has 0 aromatic heterocycles. The van der Waals surface area contributed by atoms with E-state index in [0.29, 0.717) is 17.1 Å². The Bertz CT molecular complexity index is 726. The normalized spacial score (nSPS) is 11.5. The molecule has 132 valence electrons. The number of benzene rings is 2. The first kappa shape index (κ1) is 18.5. The molecule has 0 saturated heterocycles. The van der Waals surface area contributed by atoms with Crippen LogP contribution in [-0.2, 0) is 9.47 Å². The van der Waals surface area contributed by atoms with E-state index in [2.05, 4.69) is 0 Å². The maximum Gasteiger partial charge on any atom is 0.340 e. The Kier molecular flexibility index (Phi) is 6.54. The van der Waals surface area contributed by atoms with Gasteiger partial charge in [-0.25, -0.2) is 4.79 Å². The summed E-state index contributed by atoms with van der Waals surface area (Å²) in [7, 11) is 2.97. The molecule has 0 radical (unpaired) electrons. The zero-order valence-electron chi connectivity index (χ0n) is 14.4. The van der Waals surface area contributed by atoms with Crippen molar-refractivity contribution in [2.75, 3.05) is 20.8 Å². The third-order valence-electron chi connectivity index (χ3n) is 3.42. The zero-order valence-corrected chi connectivity index (χ0v) is 14.4. The predicted molar refractivity (Wildman–Crippen MR) is 91.1 cm³/mol. The largest absolute Gasteiger partial charge is 0.493 e. The van der Waals surface area contributed by atoms with Crippen molar-refractivity contribution in [2.24, 2.45) is 0 Å². The lowest BCUT2D eigenvalue weighted by atomic mass is 10.1. The van der Waals surface area contributed by atoms with Crippen molar-refractivity contribution in [3.05, 3.63) is 59.7 Å². The highest BCUT2D eigenvalue weighted by Crippen LogP contribution is 2.28. The van der Waals surface area contributed by atoms with Crippen LogP contribution in [0.4, 0.5) is 0 Å². The van der Waals surface area contributed by atoms with E-state index in [1.54, 1.807) is 43.3 Å². The molecule has 0 fully saturated rings. The Labute approximate surface area is 146 Å². The second-order valence-electron chi connectivity index (χ2n) is 4.99. The second-order valence-corrected chi connectivity index (χ2v) is 4.99. The van der Waals surface area contributed by atoms with Crippen molar-refractivity contribution in [1.82, 2.24) is 0 Å². The summed E-state index contributed by atoms with van der Waals surface area (Å²) >= 11 is 0. The minimum atomic E-state index is -1.31. The van der Waals surface area contributed by atoms with Crippen LogP contribution >= 0.6 is 0 Å². The van der Waals surface area contributed by atoms with Crippen LogP contribution in [-0.4, -0.2) is 38.9 Å². The molecule has 6 heteroatoms. The minimum Gasteiger partial charge on any atom is -0.493 e. The molecule has 0 bridgehead atoms. The molecule has 0 heterocycles. The predicted octanol–water partition coefficient (Wildman–Crippen LogP) is 3.11.